The van der Waals surface area contributed by atoms with Gasteiger partial charge in [0.15, 0.2) is 5.82 Å². The Morgan fingerprint density at radius 3 is 2.62 bits per heavy atom. The number of piperidine rings is 1. The van der Waals surface area contributed by atoms with Gasteiger partial charge in [0.25, 0.3) is 0 Å². The zero-order valence-corrected chi connectivity index (χ0v) is 17.4. The summed E-state index contributed by atoms with van der Waals surface area (Å²) in [5.74, 6) is 1.89. The summed E-state index contributed by atoms with van der Waals surface area (Å²) < 4.78 is 5.89. The highest BCUT2D eigenvalue weighted by Crippen LogP contribution is 2.35. The molecule has 1 aliphatic rings. The fourth-order valence-corrected chi connectivity index (χ4v) is 4.20. The van der Waals surface area contributed by atoms with Gasteiger partial charge in [-0.25, -0.2) is 4.79 Å². The SMILES string of the molecule is Nc1n[nH]c2cc(C3CCCN(C(=O)O)C3)nc(-c3ccc(Oc4ccccc4)cc3)c12. The van der Waals surface area contributed by atoms with Crippen molar-refractivity contribution in [2.24, 2.45) is 0 Å². The van der Waals surface area contributed by atoms with Gasteiger partial charge in [0, 0.05) is 30.3 Å². The summed E-state index contributed by atoms with van der Waals surface area (Å²) >= 11 is 0. The van der Waals surface area contributed by atoms with E-state index in [1.54, 1.807) is 0 Å². The zero-order chi connectivity index (χ0) is 22.1. The summed E-state index contributed by atoms with van der Waals surface area (Å²) in [7, 11) is 0. The topological polar surface area (TPSA) is 117 Å². The van der Waals surface area contributed by atoms with E-state index in [-0.39, 0.29) is 5.92 Å². The highest BCUT2D eigenvalue weighted by atomic mass is 16.5. The zero-order valence-electron chi connectivity index (χ0n) is 17.4. The number of amides is 1. The van der Waals surface area contributed by atoms with Gasteiger partial charge < -0.3 is 20.5 Å². The highest BCUT2D eigenvalue weighted by molar-refractivity contribution is 6.00. The third kappa shape index (κ3) is 3.82. The molecule has 3 heterocycles. The van der Waals surface area contributed by atoms with Crippen molar-refractivity contribution >= 4 is 22.8 Å². The van der Waals surface area contributed by atoms with E-state index < -0.39 is 6.09 Å². The van der Waals surface area contributed by atoms with Crippen molar-refractivity contribution in [2.45, 2.75) is 18.8 Å². The molecule has 0 aliphatic carbocycles. The Labute approximate surface area is 184 Å². The van der Waals surface area contributed by atoms with E-state index in [4.69, 9.17) is 15.5 Å². The van der Waals surface area contributed by atoms with Crippen molar-refractivity contribution in [3.63, 3.8) is 0 Å². The van der Waals surface area contributed by atoms with Crippen molar-refractivity contribution in [2.75, 3.05) is 18.8 Å². The second kappa shape index (κ2) is 8.22. The molecule has 0 spiro atoms. The summed E-state index contributed by atoms with van der Waals surface area (Å²) in [6, 6.07) is 19.2. The molecule has 2 aromatic carbocycles. The van der Waals surface area contributed by atoms with Crippen LogP contribution >= 0.6 is 0 Å². The maximum atomic E-state index is 11.5. The lowest BCUT2D eigenvalue weighted by Gasteiger charge is -2.30. The Kier molecular flexibility index (Phi) is 5.10. The number of carboxylic acid groups (broad SMARTS) is 1. The number of nitrogen functional groups attached to an aromatic ring is 1. The number of likely N-dealkylation sites (tertiary alicyclic amines) is 1. The van der Waals surface area contributed by atoms with Gasteiger partial charge in [-0.05, 0) is 55.3 Å². The van der Waals surface area contributed by atoms with E-state index >= 15 is 0 Å². The molecule has 1 unspecified atom stereocenters. The minimum absolute atomic E-state index is 0.0215. The monoisotopic (exact) mass is 429 g/mol. The van der Waals surface area contributed by atoms with Crippen LogP contribution in [0.15, 0.2) is 60.7 Å². The quantitative estimate of drug-likeness (QED) is 0.427. The van der Waals surface area contributed by atoms with Crippen LogP contribution in [-0.2, 0) is 0 Å². The van der Waals surface area contributed by atoms with Gasteiger partial charge in [-0.1, -0.05) is 18.2 Å². The average Bonchev–Trinajstić information content (AvgIpc) is 3.20. The van der Waals surface area contributed by atoms with Crippen LogP contribution in [0.1, 0.15) is 24.5 Å². The van der Waals surface area contributed by atoms with Crippen molar-refractivity contribution < 1.29 is 14.6 Å². The van der Waals surface area contributed by atoms with E-state index in [1.807, 2.05) is 60.7 Å². The molecule has 0 saturated carbocycles. The minimum atomic E-state index is -0.893. The van der Waals surface area contributed by atoms with Gasteiger partial charge in [-0.2, -0.15) is 5.10 Å². The smallest absolute Gasteiger partial charge is 0.407 e. The average molecular weight is 429 g/mol. The lowest BCUT2D eigenvalue weighted by Crippen LogP contribution is -2.38. The van der Waals surface area contributed by atoms with Crippen molar-refractivity contribution in [1.82, 2.24) is 20.1 Å². The highest BCUT2D eigenvalue weighted by Gasteiger charge is 2.27. The van der Waals surface area contributed by atoms with Crippen molar-refractivity contribution in [3.8, 4) is 22.8 Å². The van der Waals surface area contributed by atoms with E-state index in [0.29, 0.717) is 18.9 Å². The molecule has 1 saturated heterocycles. The largest absolute Gasteiger partial charge is 0.465 e. The predicted molar refractivity (Wildman–Crippen MR) is 122 cm³/mol. The number of rotatable bonds is 4. The molecule has 0 bridgehead atoms. The Bertz CT molecular complexity index is 1250. The molecule has 0 radical (unpaired) electrons. The number of nitrogens with one attached hydrogen (secondary N) is 1. The van der Waals surface area contributed by atoms with Crippen LogP contribution in [0.25, 0.3) is 22.2 Å². The molecule has 2 aromatic heterocycles. The first-order chi connectivity index (χ1) is 15.6. The summed E-state index contributed by atoms with van der Waals surface area (Å²) in [6.07, 6.45) is 0.800. The first-order valence-corrected chi connectivity index (χ1v) is 10.5. The third-order valence-electron chi connectivity index (χ3n) is 5.81. The van der Waals surface area contributed by atoms with Gasteiger partial charge in [0.05, 0.1) is 16.6 Å². The molecule has 4 aromatic rings. The number of aromatic amines is 1. The summed E-state index contributed by atoms with van der Waals surface area (Å²) in [6.45, 7) is 0.988. The number of carbonyl (C=O) groups is 1. The molecule has 1 atom stereocenters. The van der Waals surface area contributed by atoms with Gasteiger partial charge in [0.1, 0.15) is 11.5 Å². The Hall–Kier alpha value is -4.07. The number of fused-ring (bicyclic) bond motifs is 1. The lowest BCUT2D eigenvalue weighted by molar-refractivity contribution is 0.130. The number of benzene rings is 2. The standard InChI is InChI=1S/C24H23N5O3/c25-23-21-20(27-28-23)13-19(16-5-4-12-29(14-16)24(30)31)26-22(21)15-8-10-18(11-9-15)32-17-6-2-1-3-7-17/h1-3,6-11,13,16H,4-5,12,14H2,(H,30,31)(H3,25,27,28). The van der Waals surface area contributed by atoms with E-state index in [9.17, 15) is 9.90 Å². The number of nitrogens with two attached hydrogens (primary N) is 1. The number of nitrogens with zero attached hydrogens (tertiary/aromatic N) is 3. The molecule has 1 amide bonds. The normalized spacial score (nSPS) is 16.2. The second-order valence-electron chi connectivity index (χ2n) is 7.93. The Balaban J connectivity index is 1.50. The van der Waals surface area contributed by atoms with Crippen LogP contribution < -0.4 is 10.5 Å². The molecule has 8 heteroatoms. The molecule has 1 aliphatic heterocycles. The molecule has 32 heavy (non-hydrogen) atoms. The van der Waals surface area contributed by atoms with Crippen LogP contribution in [0.2, 0.25) is 0 Å². The minimum Gasteiger partial charge on any atom is -0.465 e. The van der Waals surface area contributed by atoms with E-state index in [1.165, 1.54) is 4.90 Å². The number of aromatic nitrogens is 3. The van der Waals surface area contributed by atoms with Crippen LogP contribution in [0.5, 0.6) is 11.5 Å². The number of hydrogen-bond donors (Lipinski definition) is 3. The molecule has 5 rings (SSSR count). The fraction of sp³-hybridized carbons (Fsp3) is 0.208. The first kappa shape index (κ1) is 19.9. The maximum Gasteiger partial charge on any atom is 0.407 e. The summed E-state index contributed by atoms with van der Waals surface area (Å²) in [5, 5.41) is 17.3. The van der Waals surface area contributed by atoms with Gasteiger partial charge in [0.2, 0.25) is 0 Å². The molecule has 1 fully saturated rings. The summed E-state index contributed by atoms with van der Waals surface area (Å²) in [5.41, 5.74) is 9.38. The number of hydrogen-bond acceptors (Lipinski definition) is 5. The van der Waals surface area contributed by atoms with Crippen LogP contribution in [-0.4, -0.2) is 44.4 Å². The Morgan fingerprint density at radius 2 is 1.88 bits per heavy atom. The first-order valence-electron chi connectivity index (χ1n) is 10.5. The number of H-pyrrole nitrogens is 1. The summed E-state index contributed by atoms with van der Waals surface area (Å²) in [4.78, 5) is 17.8. The van der Waals surface area contributed by atoms with Crippen LogP contribution in [0, 0.1) is 0 Å². The molecule has 4 N–H and O–H groups in total. The Morgan fingerprint density at radius 1 is 1.12 bits per heavy atom. The number of para-hydroxylation sites is 1. The van der Waals surface area contributed by atoms with Crippen molar-refractivity contribution in [1.29, 1.82) is 0 Å². The lowest BCUT2D eigenvalue weighted by atomic mass is 9.93. The predicted octanol–water partition coefficient (Wildman–Crippen LogP) is 4.86. The molecule has 8 nitrogen and oxygen atoms in total. The maximum absolute atomic E-state index is 11.5. The fourth-order valence-electron chi connectivity index (χ4n) is 4.20. The number of pyridine rings is 1. The van der Waals surface area contributed by atoms with Crippen LogP contribution in [0.4, 0.5) is 10.6 Å². The molecule has 162 valence electrons. The van der Waals surface area contributed by atoms with Gasteiger partial charge in [-0.3, -0.25) is 10.1 Å². The van der Waals surface area contributed by atoms with Gasteiger partial charge >= 0.3 is 6.09 Å². The number of ether oxygens (including phenoxy) is 1. The van der Waals surface area contributed by atoms with E-state index in [0.717, 1.165) is 52.2 Å². The second-order valence-corrected chi connectivity index (χ2v) is 7.93. The van der Waals surface area contributed by atoms with E-state index in [2.05, 4.69) is 10.2 Å². The number of anilines is 1. The van der Waals surface area contributed by atoms with Crippen LogP contribution in [0.3, 0.4) is 0 Å². The molecular formula is C24H23N5O3. The molecular weight excluding hydrogens is 406 g/mol. The van der Waals surface area contributed by atoms with Crippen molar-refractivity contribution in [3.05, 3.63) is 66.4 Å². The van der Waals surface area contributed by atoms with Gasteiger partial charge in [-0.15, -0.1) is 0 Å². The third-order valence-corrected chi connectivity index (χ3v) is 5.81.